The van der Waals surface area contributed by atoms with Gasteiger partial charge in [-0.25, -0.2) is 0 Å². The van der Waals surface area contributed by atoms with Crippen molar-refractivity contribution in [2.75, 3.05) is 12.9 Å². The Bertz CT molecular complexity index is 1140. The first-order chi connectivity index (χ1) is 15.7. The van der Waals surface area contributed by atoms with E-state index in [1.54, 1.807) is 7.11 Å². The number of thioether (sulfide) groups is 1. The minimum Gasteiger partial charge on any atom is -0.497 e. The second-order valence-corrected chi connectivity index (χ2v) is 8.34. The summed E-state index contributed by atoms with van der Waals surface area (Å²) in [7, 11) is 1.64. The lowest BCUT2D eigenvalue weighted by Crippen LogP contribution is -2.24. The molecule has 3 aromatic carbocycles. The first kappa shape index (κ1) is 21.7. The number of rotatable bonds is 9. The zero-order chi connectivity index (χ0) is 22.2. The molecule has 5 nitrogen and oxygen atoms in total. The Balaban J connectivity index is 1.42. The second-order valence-electron chi connectivity index (χ2n) is 7.29. The van der Waals surface area contributed by atoms with Crippen molar-refractivity contribution in [3.8, 4) is 17.0 Å². The molecule has 0 aliphatic carbocycles. The van der Waals surface area contributed by atoms with Crippen LogP contribution in [0.1, 0.15) is 11.1 Å². The van der Waals surface area contributed by atoms with E-state index in [1.807, 2.05) is 83.7 Å². The number of aromatic nitrogens is 2. The van der Waals surface area contributed by atoms with Crippen molar-refractivity contribution in [2.24, 2.45) is 0 Å². The Labute approximate surface area is 192 Å². The number of methoxy groups -OCH3 is 1. The van der Waals surface area contributed by atoms with Crippen molar-refractivity contribution < 1.29 is 9.53 Å². The van der Waals surface area contributed by atoms with E-state index >= 15 is 0 Å². The lowest BCUT2D eigenvalue weighted by Gasteiger charge is -2.06. The van der Waals surface area contributed by atoms with Gasteiger partial charge in [-0.2, -0.15) is 5.10 Å². The molecule has 0 aliphatic rings. The van der Waals surface area contributed by atoms with Crippen LogP contribution >= 0.6 is 11.8 Å². The maximum Gasteiger partial charge on any atom is 0.230 e. The van der Waals surface area contributed by atoms with Gasteiger partial charge in [-0.3, -0.25) is 9.48 Å². The highest BCUT2D eigenvalue weighted by molar-refractivity contribution is 8.00. The predicted octanol–water partition coefficient (Wildman–Crippen LogP) is 5.02. The number of benzene rings is 3. The topological polar surface area (TPSA) is 56.1 Å². The Morgan fingerprint density at radius 3 is 2.34 bits per heavy atom. The number of hydrogen-bond acceptors (Lipinski definition) is 4. The van der Waals surface area contributed by atoms with E-state index in [9.17, 15) is 4.79 Å². The monoisotopic (exact) mass is 443 g/mol. The third-order valence-electron chi connectivity index (χ3n) is 4.98. The molecule has 1 heterocycles. The van der Waals surface area contributed by atoms with E-state index in [-0.39, 0.29) is 5.91 Å². The Hall–Kier alpha value is -3.51. The summed E-state index contributed by atoms with van der Waals surface area (Å²) in [6, 6.07) is 28.0. The first-order valence-corrected chi connectivity index (χ1v) is 11.4. The molecule has 0 radical (unpaired) electrons. The maximum absolute atomic E-state index is 12.5. The predicted molar refractivity (Wildman–Crippen MR) is 129 cm³/mol. The molecular formula is C26H25N3O2S. The number of nitrogens with one attached hydrogen (secondary N) is 1. The van der Waals surface area contributed by atoms with Crippen LogP contribution in [0.25, 0.3) is 11.3 Å². The highest BCUT2D eigenvalue weighted by Gasteiger charge is 2.13. The molecule has 0 unspecified atom stereocenters. The number of hydrogen-bond donors (Lipinski definition) is 1. The standard InChI is InChI=1S/C26H25N3O2S/c1-31-23-12-14-24(15-13-23)32-19-25(30)27-16-22-18-29(17-20-8-4-2-5-9-20)28-26(22)21-10-6-3-7-11-21/h2-15,18H,16-17,19H2,1H3,(H,27,30). The fourth-order valence-electron chi connectivity index (χ4n) is 3.35. The zero-order valence-electron chi connectivity index (χ0n) is 17.9. The molecule has 0 fully saturated rings. The molecule has 1 amide bonds. The highest BCUT2D eigenvalue weighted by Crippen LogP contribution is 2.23. The number of amides is 1. The summed E-state index contributed by atoms with van der Waals surface area (Å²) < 4.78 is 7.11. The Morgan fingerprint density at radius 1 is 0.969 bits per heavy atom. The summed E-state index contributed by atoms with van der Waals surface area (Å²) in [6.45, 7) is 1.11. The average Bonchev–Trinajstić information content (AvgIpc) is 3.25. The summed E-state index contributed by atoms with van der Waals surface area (Å²) in [4.78, 5) is 13.5. The second kappa shape index (κ2) is 10.7. The molecule has 0 saturated carbocycles. The summed E-state index contributed by atoms with van der Waals surface area (Å²) in [5, 5.41) is 7.85. The molecule has 4 rings (SSSR count). The average molecular weight is 444 g/mol. The molecule has 162 valence electrons. The van der Waals surface area contributed by atoms with E-state index in [4.69, 9.17) is 9.84 Å². The van der Waals surface area contributed by atoms with Crippen molar-refractivity contribution in [1.29, 1.82) is 0 Å². The zero-order valence-corrected chi connectivity index (χ0v) is 18.7. The van der Waals surface area contributed by atoms with Gasteiger partial charge in [0.25, 0.3) is 0 Å². The first-order valence-electron chi connectivity index (χ1n) is 10.4. The number of nitrogens with zero attached hydrogens (tertiary/aromatic N) is 2. The van der Waals surface area contributed by atoms with Crippen molar-refractivity contribution in [3.63, 3.8) is 0 Å². The maximum atomic E-state index is 12.5. The van der Waals surface area contributed by atoms with Gasteiger partial charge in [-0.1, -0.05) is 60.7 Å². The summed E-state index contributed by atoms with van der Waals surface area (Å²) in [5.74, 6) is 1.14. The van der Waals surface area contributed by atoms with Gasteiger partial charge in [0.2, 0.25) is 5.91 Å². The van der Waals surface area contributed by atoms with Crippen LogP contribution in [-0.2, 0) is 17.9 Å². The molecule has 0 bridgehead atoms. The van der Waals surface area contributed by atoms with E-state index < -0.39 is 0 Å². The summed E-state index contributed by atoms with van der Waals surface area (Å²) in [6.07, 6.45) is 2.02. The number of carbonyl (C=O) groups is 1. The molecule has 4 aromatic rings. The quantitative estimate of drug-likeness (QED) is 0.369. The van der Waals surface area contributed by atoms with E-state index in [1.165, 1.54) is 17.3 Å². The van der Waals surface area contributed by atoms with Crippen LogP contribution in [0.2, 0.25) is 0 Å². The fourth-order valence-corrected chi connectivity index (χ4v) is 4.08. The lowest BCUT2D eigenvalue weighted by atomic mass is 10.1. The van der Waals surface area contributed by atoms with Crippen LogP contribution in [0.15, 0.2) is 96.0 Å². The van der Waals surface area contributed by atoms with Crippen LogP contribution in [0, 0.1) is 0 Å². The van der Waals surface area contributed by atoms with Crippen LogP contribution in [-0.4, -0.2) is 28.6 Å². The van der Waals surface area contributed by atoms with Gasteiger partial charge in [-0.15, -0.1) is 11.8 Å². The lowest BCUT2D eigenvalue weighted by molar-refractivity contribution is -0.118. The van der Waals surface area contributed by atoms with Gasteiger partial charge in [0.15, 0.2) is 0 Å². The molecular weight excluding hydrogens is 418 g/mol. The smallest absolute Gasteiger partial charge is 0.230 e. The van der Waals surface area contributed by atoms with E-state index in [0.717, 1.165) is 27.5 Å². The Morgan fingerprint density at radius 2 is 1.66 bits per heavy atom. The SMILES string of the molecule is COc1ccc(SCC(=O)NCc2cn(Cc3ccccc3)nc2-c2ccccc2)cc1. The minimum atomic E-state index is -0.0133. The van der Waals surface area contributed by atoms with Crippen molar-refractivity contribution in [1.82, 2.24) is 15.1 Å². The third-order valence-corrected chi connectivity index (χ3v) is 5.99. The molecule has 32 heavy (non-hydrogen) atoms. The molecule has 6 heteroatoms. The summed E-state index contributed by atoms with van der Waals surface area (Å²) >= 11 is 1.50. The largest absolute Gasteiger partial charge is 0.497 e. The Kier molecular flexibility index (Phi) is 7.25. The molecule has 0 spiro atoms. The molecule has 1 aromatic heterocycles. The van der Waals surface area contributed by atoms with Gasteiger partial charge in [0, 0.05) is 28.8 Å². The van der Waals surface area contributed by atoms with Gasteiger partial charge >= 0.3 is 0 Å². The van der Waals surface area contributed by atoms with Crippen molar-refractivity contribution in [2.45, 2.75) is 18.0 Å². The van der Waals surface area contributed by atoms with E-state index in [2.05, 4.69) is 17.4 Å². The molecule has 0 aliphatic heterocycles. The number of ether oxygens (including phenoxy) is 1. The fraction of sp³-hybridized carbons (Fsp3) is 0.154. The summed E-state index contributed by atoms with van der Waals surface area (Å²) in [5.41, 5.74) is 4.11. The van der Waals surface area contributed by atoms with Crippen LogP contribution in [0.4, 0.5) is 0 Å². The third kappa shape index (κ3) is 5.80. The van der Waals surface area contributed by atoms with Gasteiger partial charge < -0.3 is 10.1 Å². The van der Waals surface area contributed by atoms with Crippen LogP contribution in [0.3, 0.4) is 0 Å². The van der Waals surface area contributed by atoms with Crippen LogP contribution < -0.4 is 10.1 Å². The van der Waals surface area contributed by atoms with Crippen molar-refractivity contribution >= 4 is 17.7 Å². The minimum absolute atomic E-state index is 0.0133. The van der Waals surface area contributed by atoms with Gasteiger partial charge in [-0.05, 0) is 29.8 Å². The van der Waals surface area contributed by atoms with Crippen LogP contribution in [0.5, 0.6) is 5.75 Å². The normalized spacial score (nSPS) is 10.7. The molecule has 0 atom stereocenters. The van der Waals surface area contributed by atoms with E-state index in [0.29, 0.717) is 18.8 Å². The van der Waals surface area contributed by atoms with Gasteiger partial charge in [0.1, 0.15) is 5.75 Å². The van der Waals surface area contributed by atoms with Crippen molar-refractivity contribution in [3.05, 3.63) is 102 Å². The number of carbonyl (C=O) groups excluding carboxylic acids is 1. The highest BCUT2D eigenvalue weighted by atomic mass is 32.2. The molecule has 1 N–H and O–H groups in total. The molecule has 0 saturated heterocycles. The van der Waals surface area contributed by atoms with Gasteiger partial charge in [0.05, 0.1) is 25.1 Å².